The van der Waals surface area contributed by atoms with Crippen LogP contribution in [0, 0.1) is 11.8 Å². The lowest BCUT2D eigenvalue weighted by atomic mass is 9.85. The molecule has 1 heterocycles. The molecule has 0 unspecified atom stereocenters. The Kier molecular flexibility index (Phi) is 6.06. The van der Waals surface area contributed by atoms with Crippen molar-refractivity contribution < 1.29 is 28.7 Å². The van der Waals surface area contributed by atoms with Gasteiger partial charge in [0.1, 0.15) is 6.54 Å². The second kappa shape index (κ2) is 8.68. The molecule has 1 aliphatic heterocycles. The second-order valence-corrected chi connectivity index (χ2v) is 6.89. The van der Waals surface area contributed by atoms with E-state index in [9.17, 15) is 24.0 Å². The zero-order valence-electron chi connectivity index (χ0n) is 15.8. The van der Waals surface area contributed by atoms with Gasteiger partial charge in [0.05, 0.1) is 11.8 Å². The van der Waals surface area contributed by atoms with Crippen molar-refractivity contribution in [1.29, 1.82) is 0 Å². The number of nitrogens with zero attached hydrogens (tertiary/aromatic N) is 1. The van der Waals surface area contributed by atoms with Gasteiger partial charge in [-0.2, -0.15) is 0 Å². The van der Waals surface area contributed by atoms with E-state index in [4.69, 9.17) is 4.74 Å². The number of nitrogens with one attached hydrogen (secondary N) is 2. The Labute approximate surface area is 167 Å². The predicted octanol–water partition coefficient (Wildman–Crippen LogP) is 1.08. The van der Waals surface area contributed by atoms with Crippen molar-refractivity contribution in [2.45, 2.75) is 19.8 Å². The third kappa shape index (κ3) is 4.87. The Morgan fingerprint density at radius 1 is 1.03 bits per heavy atom. The van der Waals surface area contributed by atoms with Crippen LogP contribution in [0.3, 0.4) is 0 Å². The molecule has 1 saturated heterocycles. The van der Waals surface area contributed by atoms with Gasteiger partial charge in [-0.25, -0.2) is 0 Å². The van der Waals surface area contributed by atoms with E-state index in [1.165, 1.54) is 6.92 Å². The van der Waals surface area contributed by atoms with E-state index in [2.05, 4.69) is 10.6 Å². The average Bonchev–Trinajstić information content (AvgIpc) is 2.91. The van der Waals surface area contributed by atoms with Crippen molar-refractivity contribution in [3.05, 3.63) is 36.4 Å². The number of carbonyl (C=O) groups excluding carboxylic acids is 5. The molecule has 0 saturated carbocycles. The third-order valence-electron chi connectivity index (χ3n) is 4.72. The number of hydrogen-bond donors (Lipinski definition) is 2. The first-order chi connectivity index (χ1) is 13.8. The molecule has 1 fully saturated rings. The van der Waals surface area contributed by atoms with Gasteiger partial charge in [-0.05, 0) is 31.0 Å². The van der Waals surface area contributed by atoms with Gasteiger partial charge in [-0.1, -0.05) is 18.2 Å². The number of allylic oxidation sites excluding steroid dienone is 2. The molecule has 0 spiro atoms. The summed E-state index contributed by atoms with van der Waals surface area (Å²) < 4.78 is 4.90. The van der Waals surface area contributed by atoms with E-state index < -0.39 is 36.9 Å². The summed E-state index contributed by atoms with van der Waals surface area (Å²) >= 11 is 0. The number of imide groups is 1. The van der Waals surface area contributed by atoms with Crippen LogP contribution in [0.15, 0.2) is 36.4 Å². The molecule has 2 N–H and O–H groups in total. The monoisotopic (exact) mass is 399 g/mol. The summed E-state index contributed by atoms with van der Waals surface area (Å²) in [7, 11) is 0. The van der Waals surface area contributed by atoms with E-state index in [0.717, 1.165) is 4.90 Å². The maximum absolute atomic E-state index is 12.3. The largest absolute Gasteiger partial charge is 0.454 e. The van der Waals surface area contributed by atoms with Crippen LogP contribution >= 0.6 is 0 Å². The zero-order chi connectivity index (χ0) is 21.0. The van der Waals surface area contributed by atoms with Gasteiger partial charge >= 0.3 is 5.97 Å². The fourth-order valence-corrected chi connectivity index (χ4v) is 3.42. The molecular formula is C20H21N3O6. The maximum Gasteiger partial charge on any atom is 0.326 e. The summed E-state index contributed by atoms with van der Waals surface area (Å²) in [5, 5.41) is 5.13. The number of fused-ring (bicyclic) bond motifs is 1. The highest BCUT2D eigenvalue weighted by Crippen LogP contribution is 2.34. The lowest BCUT2D eigenvalue weighted by Crippen LogP contribution is -2.37. The summed E-state index contributed by atoms with van der Waals surface area (Å²) in [6.45, 7) is 0.301. The van der Waals surface area contributed by atoms with Gasteiger partial charge in [-0.3, -0.25) is 28.9 Å². The number of benzene rings is 1. The normalized spacial score (nSPS) is 20.2. The molecule has 0 radical (unpaired) electrons. The first-order valence-corrected chi connectivity index (χ1v) is 9.18. The number of carbonyl (C=O) groups is 5. The predicted molar refractivity (Wildman–Crippen MR) is 102 cm³/mol. The fraction of sp³-hybridized carbons (Fsp3) is 0.350. The molecule has 0 bridgehead atoms. The molecule has 152 valence electrons. The summed E-state index contributed by atoms with van der Waals surface area (Å²) in [5.74, 6) is -3.25. The van der Waals surface area contributed by atoms with Crippen molar-refractivity contribution in [1.82, 2.24) is 4.90 Å². The summed E-state index contributed by atoms with van der Waals surface area (Å²) in [5.41, 5.74) is 0.924. The topological polar surface area (TPSA) is 122 Å². The van der Waals surface area contributed by atoms with Crippen LogP contribution in [0.1, 0.15) is 19.8 Å². The van der Waals surface area contributed by atoms with Crippen LogP contribution in [0.5, 0.6) is 0 Å². The molecule has 2 atom stereocenters. The smallest absolute Gasteiger partial charge is 0.326 e. The minimum absolute atomic E-state index is 0.246. The Morgan fingerprint density at radius 3 is 2.21 bits per heavy atom. The molecular weight excluding hydrogens is 378 g/mol. The van der Waals surface area contributed by atoms with E-state index >= 15 is 0 Å². The molecule has 1 aromatic rings. The summed E-state index contributed by atoms with van der Waals surface area (Å²) in [6, 6.07) is 6.47. The number of rotatable bonds is 6. The quantitative estimate of drug-likeness (QED) is 0.419. The number of esters is 1. The van der Waals surface area contributed by atoms with E-state index in [-0.39, 0.29) is 17.7 Å². The van der Waals surface area contributed by atoms with Crippen LogP contribution < -0.4 is 10.6 Å². The van der Waals surface area contributed by atoms with E-state index in [1.807, 2.05) is 12.2 Å². The summed E-state index contributed by atoms with van der Waals surface area (Å²) in [4.78, 5) is 60.7. The minimum Gasteiger partial charge on any atom is -0.454 e. The molecule has 2 aliphatic rings. The van der Waals surface area contributed by atoms with Gasteiger partial charge in [0.25, 0.3) is 5.91 Å². The molecule has 4 amide bonds. The van der Waals surface area contributed by atoms with Crippen LogP contribution in [0.4, 0.5) is 11.4 Å². The molecule has 1 aliphatic carbocycles. The van der Waals surface area contributed by atoms with Crippen molar-refractivity contribution in [3.63, 3.8) is 0 Å². The Balaban J connectivity index is 1.48. The highest BCUT2D eigenvalue weighted by atomic mass is 16.5. The fourth-order valence-electron chi connectivity index (χ4n) is 3.42. The van der Waals surface area contributed by atoms with Crippen LogP contribution in [-0.4, -0.2) is 47.6 Å². The van der Waals surface area contributed by atoms with Gasteiger partial charge in [0.2, 0.25) is 17.7 Å². The Bertz CT molecular complexity index is 868. The zero-order valence-corrected chi connectivity index (χ0v) is 15.8. The number of likely N-dealkylation sites (tertiary alicyclic amines) is 1. The van der Waals surface area contributed by atoms with Gasteiger partial charge in [0, 0.05) is 18.3 Å². The third-order valence-corrected chi connectivity index (χ3v) is 4.72. The summed E-state index contributed by atoms with van der Waals surface area (Å²) in [6.07, 6.45) is 4.69. The first-order valence-electron chi connectivity index (χ1n) is 9.18. The van der Waals surface area contributed by atoms with Crippen LogP contribution in [-0.2, 0) is 28.7 Å². The molecule has 29 heavy (non-hydrogen) atoms. The number of amides is 4. The molecule has 0 aromatic heterocycles. The van der Waals surface area contributed by atoms with Crippen LogP contribution in [0.25, 0.3) is 0 Å². The van der Waals surface area contributed by atoms with Gasteiger partial charge in [-0.15, -0.1) is 0 Å². The Morgan fingerprint density at radius 2 is 1.62 bits per heavy atom. The molecule has 3 rings (SSSR count). The highest BCUT2D eigenvalue weighted by molar-refractivity contribution is 6.07. The Hall–Kier alpha value is -3.49. The van der Waals surface area contributed by atoms with Crippen molar-refractivity contribution in [3.8, 4) is 0 Å². The van der Waals surface area contributed by atoms with Crippen molar-refractivity contribution in [2.75, 3.05) is 23.8 Å². The number of ether oxygens (including phenoxy) is 1. The second-order valence-electron chi connectivity index (χ2n) is 6.89. The SMILES string of the molecule is CC(=O)Nc1cccc(NC(=O)COC(=O)CN2C(=O)[C@H]3CC=CC[C@H]3C2=O)c1. The highest BCUT2D eigenvalue weighted by Gasteiger charge is 2.47. The van der Waals surface area contributed by atoms with Gasteiger partial charge < -0.3 is 15.4 Å². The lowest BCUT2D eigenvalue weighted by molar-refractivity contribution is -0.154. The molecule has 9 nitrogen and oxygen atoms in total. The van der Waals surface area contributed by atoms with E-state index in [1.54, 1.807) is 24.3 Å². The minimum atomic E-state index is -0.833. The van der Waals surface area contributed by atoms with Crippen LogP contribution in [0.2, 0.25) is 0 Å². The average molecular weight is 399 g/mol. The maximum atomic E-state index is 12.3. The van der Waals surface area contributed by atoms with Gasteiger partial charge in [0.15, 0.2) is 6.61 Å². The standard InChI is InChI=1S/C20H21N3O6/c1-12(24)21-13-5-4-6-14(9-13)22-17(25)11-29-18(26)10-23-19(27)15-7-2-3-8-16(15)20(23)28/h2-6,9,15-16H,7-8,10-11H2,1H3,(H,21,24)(H,22,25)/t15-,16+. The first kappa shape index (κ1) is 20.2. The lowest BCUT2D eigenvalue weighted by Gasteiger charge is -2.14. The van der Waals surface area contributed by atoms with E-state index in [0.29, 0.717) is 24.2 Å². The number of anilines is 2. The molecule has 9 heteroatoms. The number of hydrogen-bond acceptors (Lipinski definition) is 6. The van der Waals surface area contributed by atoms with Crippen molar-refractivity contribution in [2.24, 2.45) is 11.8 Å². The van der Waals surface area contributed by atoms with Crippen molar-refractivity contribution >= 4 is 41.0 Å². The molecule has 1 aromatic carbocycles.